The van der Waals surface area contributed by atoms with Gasteiger partial charge in [-0.3, -0.25) is 9.59 Å². The molecule has 154 valence electrons. The third kappa shape index (κ3) is 4.57. The Morgan fingerprint density at radius 2 is 1.97 bits per heavy atom. The number of amides is 2. The number of ether oxygens (including phenoxy) is 1. The molecule has 1 aliphatic heterocycles. The van der Waals surface area contributed by atoms with Gasteiger partial charge in [-0.2, -0.15) is 4.31 Å². The van der Waals surface area contributed by atoms with E-state index in [0.717, 1.165) is 15.4 Å². The number of anilines is 2. The van der Waals surface area contributed by atoms with E-state index in [-0.39, 0.29) is 17.3 Å². The highest BCUT2D eigenvalue weighted by molar-refractivity contribution is 7.89. The lowest BCUT2D eigenvalue weighted by atomic mass is 10.0. The summed E-state index contributed by atoms with van der Waals surface area (Å²) in [6.45, 7) is 1.53. The van der Waals surface area contributed by atoms with Gasteiger partial charge in [0.2, 0.25) is 21.8 Å². The minimum atomic E-state index is -3.87. The van der Waals surface area contributed by atoms with Crippen LogP contribution in [0.25, 0.3) is 0 Å². The predicted molar refractivity (Wildman–Crippen MR) is 110 cm³/mol. The minimum Gasteiger partial charge on any atom is -0.495 e. The van der Waals surface area contributed by atoms with Crippen molar-refractivity contribution in [3.05, 3.63) is 47.5 Å². The zero-order valence-corrected chi connectivity index (χ0v) is 17.3. The van der Waals surface area contributed by atoms with Crippen LogP contribution < -0.4 is 15.4 Å². The van der Waals surface area contributed by atoms with Gasteiger partial charge in [0.1, 0.15) is 5.75 Å². The van der Waals surface area contributed by atoms with Crippen LogP contribution in [0.15, 0.2) is 41.3 Å². The van der Waals surface area contributed by atoms with Gasteiger partial charge in [0, 0.05) is 19.2 Å². The first-order chi connectivity index (χ1) is 13.7. The first kappa shape index (κ1) is 20.8. The summed E-state index contributed by atoms with van der Waals surface area (Å²) < 4.78 is 32.0. The Hall–Kier alpha value is -2.91. The molecule has 3 rings (SSSR count). The molecule has 0 saturated heterocycles. The number of fused-ring (bicyclic) bond motifs is 1. The van der Waals surface area contributed by atoms with E-state index < -0.39 is 15.9 Å². The molecule has 0 unspecified atom stereocenters. The quantitative estimate of drug-likeness (QED) is 0.749. The Bertz CT molecular complexity index is 1070. The summed E-state index contributed by atoms with van der Waals surface area (Å²) in [5.41, 5.74) is 2.79. The molecular weight excluding hydrogens is 394 g/mol. The second kappa shape index (κ2) is 8.22. The van der Waals surface area contributed by atoms with Crippen molar-refractivity contribution in [1.29, 1.82) is 0 Å². The van der Waals surface area contributed by atoms with E-state index >= 15 is 0 Å². The molecule has 0 bridgehead atoms. The van der Waals surface area contributed by atoms with E-state index in [4.69, 9.17) is 4.74 Å². The number of nitrogens with one attached hydrogen (secondary N) is 2. The van der Waals surface area contributed by atoms with Crippen molar-refractivity contribution in [2.24, 2.45) is 0 Å². The summed E-state index contributed by atoms with van der Waals surface area (Å²) in [7, 11) is -1.02. The molecule has 0 atom stereocenters. The number of methoxy groups -OCH3 is 1. The van der Waals surface area contributed by atoms with Crippen LogP contribution in [-0.4, -0.2) is 45.2 Å². The third-order valence-electron chi connectivity index (χ3n) is 4.68. The second-order valence-electron chi connectivity index (χ2n) is 6.88. The number of rotatable bonds is 6. The Kier molecular flexibility index (Phi) is 5.90. The fourth-order valence-corrected chi connectivity index (χ4v) is 4.27. The van der Waals surface area contributed by atoms with E-state index in [0.29, 0.717) is 30.0 Å². The van der Waals surface area contributed by atoms with Crippen LogP contribution in [0.5, 0.6) is 5.75 Å². The number of hydrogen-bond donors (Lipinski definition) is 2. The van der Waals surface area contributed by atoms with Gasteiger partial charge in [0.25, 0.3) is 0 Å². The van der Waals surface area contributed by atoms with Gasteiger partial charge in [-0.05, 0) is 54.8 Å². The molecule has 0 spiro atoms. The molecule has 0 fully saturated rings. The van der Waals surface area contributed by atoms with E-state index in [1.807, 2.05) is 13.0 Å². The highest BCUT2D eigenvalue weighted by Gasteiger charge is 2.25. The lowest BCUT2D eigenvalue weighted by molar-refractivity contribution is -0.117. The average molecular weight is 417 g/mol. The van der Waals surface area contributed by atoms with Crippen LogP contribution in [0, 0.1) is 6.92 Å². The zero-order chi connectivity index (χ0) is 21.2. The normalized spacial score (nSPS) is 13.6. The van der Waals surface area contributed by atoms with Crippen molar-refractivity contribution >= 4 is 33.2 Å². The van der Waals surface area contributed by atoms with Gasteiger partial charge in [-0.1, -0.05) is 6.07 Å². The standard InChI is InChI=1S/C20H23N3O5S/c1-13-4-8-18(28-3)17(10-13)22-20(25)12-23(2)29(26,27)15-6-7-16-14(11-15)5-9-19(24)21-16/h4,6-8,10-11H,5,9,12H2,1-3H3,(H,21,24)(H,22,25). The molecule has 0 saturated carbocycles. The van der Waals surface area contributed by atoms with Crippen LogP contribution in [-0.2, 0) is 26.0 Å². The van der Waals surface area contributed by atoms with Crippen LogP contribution in [0.1, 0.15) is 17.5 Å². The molecule has 0 aromatic heterocycles. The maximum absolute atomic E-state index is 12.9. The number of sulfonamides is 1. The van der Waals surface area contributed by atoms with Crippen LogP contribution >= 0.6 is 0 Å². The lowest BCUT2D eigenvalue weighted by Crippen LogP contribution is -2.35. The van der Waals surface area contributed by atoms with Crippen molar-refractivity contribution in [3.63, 3.8) is 0 Å². The molecule has 0 radical (unpaired) electrons. The molecule has 1 heterocycles. The summed E-state index contributed by atoms with van der Waals surface area (Å²) in [5, 5.41) is 5.41. The molecule has 1 aliphatic rings. The van der Waals surface area contributed by atoms with Crippen LogP contribution in [0.3, 0.4) is 0 Å². The summed E-state index contributed by atoms with van der Waals surface area (Å²) in [6.07, 6.45) is 0.787. The first-order valence-electron chi connectivity index (χ1n) is 9.04. The van der Waals surface area contributed by atoms with Crippen molar-refractivity contribution in [3.8, 4) is 5.75 Å². The number of carbonyl (C=O) groups excluding carboxylic acids is 2. The number of benzene rings is 2. The van der Waals surface area contributed by atoms with Gasteiger partial charge in [-0.15, -0.1) is 0 Å². The van der Waals surface area contributed by atoms with Crippen molar-refractivity contribution < 1.29 is 22.7 Å². The number of carbonyl (C=O) groups is 2. The predicted octanol–water partition coefficient (Wildman–Crippen LogP) is 2.15. The van der Waals surface area contributed by atoms with Crippen molar-refractivity contribution in [1.82, 2.24) is 4.31 Å². The molecule has 2 amide bonds. The number of hydrogen-bond acceptors (Lipinski definition) is 5. The summed E-state index contributed by atoms with van der Waals surface area (Å²) in [5.74, 6) is -0.0788. The van der Waals surface area contributed by atoms with Crippen LogP contribution in [0.4, 0.5) is 11.4 Å². The fraction of sp³-hybridized carbons (Fsp3) is 0.300. The third-order valence-corrected chi connectivity index (χ3v) is 6.48. The Morgan fingerprint density at radius 3 is 2.69 bits per heavy atom. The molecule has 2 aromatic carbocycles. The van der Waals surface area contributed by atoms with Gasteiger partial charge < -0.3 is 15.4 Å². The maximum atomic E-state index is 12.9. The molecular formula is C20H23N3O5S. The fourth-order valence-electron chi connectivity index (χ4n) is 3.10. The summed E-state index contributed by atoms with van der Waals surface area (Å²) in [6, 6.07) is 9.88. The van der Waals surface area contributed by atoms with E-state index in [1.54, 1.807) is 24.3 Å². The Morgan fingerprint density at radius 1 is 1.21 bits per heavy atom. The Balaban J connectivity index is 1.74. The second-order valence-corrected chi connectivity index (χ2v) is 8.93. The highest BCUT2D eigenvalue weighted by atomic mass is 32.2. The van der Waals surface area contributed by atoms with E-state index in [9.17, 15) is 18.0 Å². The molecule has 29 heavy (non-hydrogen) atoms. The number of likely N-dealkylation sites (N-methyl/N-ethyl adjacent to an activating group) is 1. The smallest absolute Gasteiger partial charge is 0.243 e. The molecule has 8 nitrogen and oxygen atoms in total. The monoisotopic (exact) mass is 417 g/mol. The summed E-state index contributed by atoms with van der Waals surface area (Å²) in [4.78, 5) is 24.0. The maximum Gasteiger partial charge on any atom is 0.243 e. The van der Waals surface area contributed by atoms with E-state index in [2.05, 4.69) is 10.6 Å². The zero-order valence-electron chi connectivity index (χ0n) is 16.5. The molecule has 2 N–H and O–H groups in total. The van der Waals surface area contributed by atoms with Gasteiger partial charge >= 0.3 is 0 Å². The van der Waals surface area contributed by atoms with Gasteiger partial charge in [0.15, 0.2) is 0 Å². The minimum absolute atomic E-state index is 0.0795. The van der Waals surface area contributed by atoms with E-state index in [1.165, 1.54) is 20.2 Å². The molecule has 9 heteroatoms. The SMILES string of the molecule is COc1ccc(C)cc1NC(=O)CN(C)S(=O)(=O)c1ccc2c(c1)CCC(=O)N2. The molecule has 2 aromatic rings. The first-order valence-corrected chi connectivity index (χ1v) is 10.5. The molecule has 0 aliphatic carbocycles. The average Bonchev–Trinajstić information content (AvgIpc) is 2.67. The van der Waals surface area contributed by atoms with Crippen molar-refractivity contribution in [2.45, 2.75) is 24.7 Å². The van der Waals surface area contributed by atoms with Gasteiger partial charge in [-0.25, -0.2) is 8.42 Å². The van der Waals surface area contributed by atoms with Crippen molar-refractivity contribution in [2.75, 3.05) is 31.3 Å². The number of nitrogens with zero attached hydrogens (tertiary/aromatic N) is 1. The topological polar surface area (TPSA) is 105 Å². The van der Waals surface area contributed by atoms with Gasteiger partial charge in [0.05, 0.1) is 24.2 Å². The lowest BCUT2D eigenvalue weighted by Gasteiger charge is -2.20. The Labute approximate surface area is 169 Å². The largest absolute Gasteiger partial charge is 0.495 e. The van der Waals surface area contributed by atoms with Crippen LogP contribution in [0.2, 0.25) is 0 Å². The highest BCUT2D eigenvalue weighted by Crippen LogP contribution is 2.27. The summed E-state index contributed by atoms with van der Waals surface area (Å²) >= 11 is 0. The number of aryl methyl sites for hydroxylation is 2.